The molecule has 2 amide bonds. The molecule has 0 radical (unpaired) electrons. The number of alkyl halides is 2. The number of rotatable bonds is 6. The van der Waals surface area contributed by atoms with Crippen LogP contribution in [0.2, 0.25) is 0 Å². The smallest absolute Gasteiger partial charge is 0.322 e. The third kappa shape index (κ3) is 4.84. The molecule has 0 spiro atoms. The quantitative estimate of drug-likeness (QED) is 0.604. The number of thiophene rings is 1. The highest BCUT2D eigenvalue weighted by Crippen LogP contribution is 2.21. The number of anilines is 2. The molecule has 29 heavy (non-hydrogen) atoms. The van der Waals surface area contributed by atoms with Crippen molar-refractivity contribution in [3.8, 4) is 0 Å². The molecule has 6 nitrogen and oxygen atoms in total. The van der Waals surface area contributed by atoms with Crippen molar-refractivity contribution in [3.05, 3.63) is 76.5 Å². The molecule has 0 aliphatic carbocycles. The van der Waals surface area contributed by atoms with Crippen molar-refractivity contribution in [2.75, 3.05) is 10.6 Å². The normalized spacial score (nSPS) is 11.3. The predicted octanol–water partition coefficient (Wildman–Crippen LogP) is 4.25. The molecule has 0 aliphatic heterocycles. The van der Waals surface area contributed by atoms with E-state index in [1.54, 1.807) is 41.8 Å². The van der Waals surface area contributed by atoms with Crippen molar-refractivity contribution in [1.29, 1.82) is 0 Å². The summed E-state index contributed by atoms with van der Waals surface area (Å²) in [5, 5.41) is 7.10. The van der Waals surface area contributed by atoms with Crippen LogP contribution in [0.1, 0.15) is 20.0 Å². The number of hydrogen-bond acceptors (Lipinski definition) is 5. The standard InChI is InChI=1S/C19H14F2N2O4S2/c20-19(21)29(26,27)15-8-6-12(7-9-15)17(24)22-13-3-1-4-14(11-13)23-18(25)16-5-2-10-28-16/h1-11,19H,(H,22,24)(H,23,25). The first kappa shape index (κ1) is 20.6. The number of carbonyl (C=O) groups excluding carboxylic acids is 2. The minimum Gasteiger partial charge on any atom is -0.322 e. The molecule has 2 N–H and O–H groups in total. The molecule has 0 bridgehead atoms. The minimum absolute atomic E-state index is 0.0891. The van der Waals surface area contributed by atoms with Crippen LogP contribution in [-0.2, 0) is 9.84 Å². The molecule has 150 valence electrons. The largest absolute Gasteiger partial charge is 0.341 e. The molecule has 1 aromatic heterocycles. The van der Waals surface area contributed by atoms with Crippen LogP contribution in [0.25, 0.3) is 0 Å². The topological polar surface area (TPSA) is 92.3 Å². The molecular formula is C19H14F2N2O4S2. The zero-order valence-corrected chi connectivity index (χ0v) is 16.3. The fourth-order valence-electron chi connectivity index (χ4n) is 2.38. The van der Waals surface area contributed by atoms with Crippen molar-refractivity contribution >= 4 is 44.4 Å². The van der Waals surface area contributed by atoms with E-state index in [-0.39, 0.29) is 11.5 Å². The van der Waals surface area contributed by atoms with Gasteiger partial charge in [0, 0.05) is 16.9 Å². The number of sulfone groups is 1. The van der Waals surface area contributed by atoms with Crippen LogP contribution in [0.15, 0.2) is 70.9 Å². The Kier molecular flexibility index (Phi) is 6.04. The Bertz CT molecular complexity index is 1130. The molecule has 0 saturated heterocycles. The zero-order valence-electron chi connectivity index (χ0n) is 14.6. The van der Waals surface area contributed by atoms with E-state index in [4.69, 9.17) is 0 Å². The Labute approximate surface area is 169 Å². The van der Waals surface area contributed by atoms with Crippen LogP contribution in [0.5, 0.6) is 0 Å². The third-order valence-corrected chi connectivity index (χ3v) is 6.07. The first-order valence-electron chi connectivity index (χ1n) is 8.16. The Hall–Kier alpha value is -3.11. The highest BCUT2D eigenvalue weighted by molar-refractivity contribution is 7.91. The molecule has 0 atom stereocenters. The molecule has 10 heteroatoms. The van der Waals surface area contributed by atoms with E-state index in [9.17, 15) is 26.8 Å². The van der Waals surface area contributed by atoms with Gasteiger partial charge in [0.25, 0.3) is 11.8 Å². The van der Waals surface area contributed by atoms with Gasteiger partial charge in [-0.05, 0) is 53.9 Å². The number of hydrogen-bond donors (Lipinski definition) is 2. The van der Waals surface area contributed by atoms with Crippen molar-refractivity contribution < 1.29 is 26.8 Å². The van der Waals surface area contributed by atoms with Crippen molar-refractivity contribution in [2.45, 2.75) is 10.7 Å². The molecule has 0 unspecified atom stereocenters. The van der Waals surface area contributed by atoms with Gasteiger partial charge in [0.2, 0.25) is 9.84 Å². The SMILES string of the molecule is O=C(Nc1cccc(NC(=O)c2cccs2)c1)c1ccc(S(=O)(=O)C(F)F)cc1. The van der Waals surface area contributed by atoms with E-state index >= 15 is 0 Å². The number of amides is 2. The first-order valence-corrected chi connectivity index (χ1v) is 10.6. The lowest BCUT2D eigenvalue weighted by Gasteiger charge is -2.09. The van der Waals surface area contributed by atoms with E-state index in [0.29, 0.717) is 16.3 Å². The maximum Gasteiger partial charge on any atom is 0.341 e. The molecule has 0 fully saturated rings. The molecule has 3 aromatic rings. The Morgan fingerprint density at radius 1 is 0.862 bits per heavy atom. The van der Waals surface area contributed by atoms with Gasteiger partial charge in [0.1, 0.15) is 0 Å². The minimum atomic E-state index is -4.72. The summed E-state index contributed by atoms with van der Waals surface area (Å²) in [7, 11) is -4.72. The molecule has 2 aromatic carbocycles. The van der Waals surface area contributed by atoms with E-state index in [1.165, 1.54) is 11.3 Å². The fourth-order valence-corrected chi connectivity index (χ4v) is 3.72. The zero-order chi connectivity index (χ0) is 21.0. The molecule has 0 aliphatic rings. The predicted molar refractivity (Wildman–Crippen MR) is 106 cm³/mol. The molecule has 3 rings (SSSR count). The van der Waals surface area contributed by atoms with E-state index in [0.717, 1.165) is 24.3 Å². The highest BCUT2D eigenvalue weighted by atomic mass is 32.2. The van der Waals surface area contributed by atoms with Gasteiger partial charge in [-0.3, -0.25) is 9.59 Å². The van der Waals surface area contributed by atoms with Crippen molar-refractivity contribution in [3.63, 3.8) is 0 Å². The summed E-state index contributed by atoms with van der Waals surface area (Å²) in [5.74, 6) is -4.37. The van der Waals surface area contributed by atoms with Gasteiger partial charge in [-0.1, -0.05) is 12.1 Å². The highest BCUT2D eigenvalue weighted by Gasteiger charge is 2.26. The van der Waals surface area contributed by atoms with Crippen LogP contribution >= 0.6 is 11.3 Å². The fraction of sp³-hybridized carbons (Fsp3) is 0.0526. The second-order valence-corrected chi connectivity index (χ2v) is 8.66. The van der Waals surface area contributed by atoms with Crippen LogP contribution in [0, 0.1) is 0 Å². The molecular weight excluding hydrogens is 422 g/mol. The number of halogens is 2. The monoisotopic (exact) mass is 436 g/mol. The summed E-state index contributed by atoms with van der Waals surface area (Å²) >= 11 is 1.30. The summed E-state index contributed by atoms with van der Waals surface area (Å²) in [5.41, 5.74) is 0.953. The average Bonchev–Trinajstić information content (AvgIpc) is 3.23. The van der Waals surface area contributed by atoms with Crippen molar-refractivity contribution in [1.82, 2.24) is 0 Å². The summed E-state index contributed by atoms with van der Waals surface area (Å²) in [6, 6.07) is 14.1. The maximum absolute atomic E-state index is 12.6. The van der Waals surface area contributed by atoms with E-state index in [1.807, 2.05) is 0 Å². The molecule has 1 heterocycles. The third-order valence-electron chi connectivity index (χ3n) is 3.80. The van der Waals surface area contributed by atoms with E-state index < -0.39 is 26.4 Å². The van der Waals surface area contributed by atoms with Gasteiger partial charge in [-0.25, -0.2) is 8.42 Å². The summed E-state index contributed by atoms with van der Waals surface area (Å²) in [6.45, 7) is 0. The van der Waals surface area contributed by atoms with Gasteiger partial charge in [0.15, 0.2) is 0 Å². The summed E-state index contributed by atoms with van der Waals surface area (Å²) in [6.07, 6.45) is 0. The average molecular weight is 436 g/mol. The Morgan fingerprint density at radius 3 is 2.03 bits per heavy atom. The number of carbonyl (C=O) groups is 2. The summed E-state index contributed by atoms with van der Waals surface area (Å²) < 4.78 is 48.0. The number of benzene rings is 2. The summed E-state index contributed by atoms with van der Waals surface area (Å²) in [4.78, 5) is 24.4. The molecule has 0 saturated carbocycles. The Balaban J connectivity index is 1.70. The second-order valence-electron chi connectivity index (χ2n) is 5.80. The number of nitrogens with one attached hydrogen (secondary N) is 2. The van der Waals surface area contributed by atoms with Crippen molar-refractivity contribution in [2.24, 2.45) is 0 Å². The van der Waals surface area contributed by atoms with Crippen LogP contribution in [0.3, 0.4) is 0 Å². The van der Waals surface area contributed by atoms with Crippen LogP contribution in [-0.4, -0.2) is 26.0 Å². The maximum atomic E-state index is 12.6. The van der Waals surface area contributed by atoms with Gasteiger partial charge < -0.3 is 10.6 Å². The van der Waals surface area contributed by atoms with Gasteiger partial charge >= 0.3 is 5.76 Å². The first-order chi connectivity index (χ1) is 13.8. The van der Waals surface area contributed by atoms with E-state index in [2.05, 4.69) is 10.6 Å². The van der Waals surface area contributed by atoms with Crippen LogP contribution in [0.4, 0.5) is 20.2 Å². The van der Waals surface area contributed by atoms with Gasteiger partial charge in [-0.2, -0.15) is 8.78 Å². The Morgan fingerprint density at radius 2 is 1.48 bits per heavy atom. The lowest BCUT2D eigenvalue weighted by Crippen LogP contribution is -2.14. The van der Waals surface area contributed by atoms with Gasteiger partial charge in [0.05, 0.1) is 9.77 Å². The second kappa shape index (κ2) is 8.50. The lowest BCUT2D eigenvalue weighted by molar-refractivity contribution is 0.102. The van der Waals surface area contributed by atoms with Crippen LogP contribution < -0.4 is 10.6 Å². The van der Waals surface area contributed by atoms with Gasteiger partial charge in [-0.15, -0.1) is 11.3 Å². The lowest BCUT2D eigenvalue weighted by atomic mass is 10.2.